The summed E-state index contributed by atoms with van der Waals surface area (Å²) in [4.78, 5) is 21.4. The van der Waals surface area contributed by atoms with Crippen LogP contribution in [-0.4, -0.2) is 29.1 Å². The molecule has 1 aromatic carbocycles. The van der Waals surface area contributed by atoms with Gasteiger partial charge in [0.15, 0.2) is 15.2 Å². The fourth-order valence-corrected chi connectivity index (χ4v) is 4.60. The second-order valence-electron chi connectivity index (χ2n) is 6.05. The smallest absolute Gasteiger partial charge is 0.278 e. The maximum atomic E-state index is 12.8. The first-order valence-electron chi connectivity index (χ1n) is 7.37. The molecule has 0 unspecified atom stereocenters. The van der Waals surface area contributed by atoms with E-state index < -0.39 is 8.32 Å². The monoisotopic (exact) mass is 408 g/mol. The van der Waals surface area contributed by atoms with E-state index in [1.54, 1.807) is 5.38 Å². The molecule has 25 heavy (non-hydrogen) atoms. The number of nitrogens with zero attached hydrogens (tertiary/aromatic N) is 3. The van der Waals surface area contributed by atoms with Crippen molar-refractivity contribution in [2.24, 2.45) is 5.16 Å². The van der Waals surface area contributed by atoms with Gasteiger partial charge in [0, 0.05) is 5.38 Å². The fraction of sp³-hybridized carbons (Fsp3) is 0.200. The van der Waals surface area contributed by atoms with E-state index in [2.05, 4.69) is 15.1 Å². The Morgan fingerprint density at radius 1 is 1.28 bits per heavy atom. The van der Waals surface area contributed by atoms with E-state index in [0.717, 1.165) is 22.0 Å². The number of thioether (sulfide) groups is 1. The summed E-state index contributed by atoms with van der Waals surface area (Å²) in [5.41, 5.74) is 7.16. The molecule has 0 aliphatic heterocycles. The molecule has 0 aliphatic carbocycles. The molecule has 3 aromatic rings. The van der Waals surface area contributed by atoms with E-state index in [-0.39, 0.29) is 10.8 Å². The number of aromatic nitrogens is 2. The lowest BCUT2D eigenvalue weighted by molar-refractivity contribution is -0.105. The van der Waals surface area contributed by atoms with E-state index >= 15 is 0 Å². The van der Waals surface area contributed by atoms with E-state index in [4.69, 9.17) is 10.3 Å². The summed E-state index contributed by atoms with van der Waals surface area (Å²) in [5.74, 6) is 0. The number of benzene rings is 1. The van der Waals surface area contributed by atoms with Gasteiger partial charge in [0.2, 0.25) is 5.12 Å². The summed E-state index contributed by atoms with van der Waals surface area (Å²) >= 11 is 3.76. The van der Waals surface area contributed by atoms with Crippen molar-refractivity contribution in [1.29, 1.82) is 0 Å². The number of carbonyl (C=O) groups excluding carboxylic acids is 1. The van der Waals surface area contributed by atoms with Gasteiger partial charge in [0.05, 0.1) is 10.2 Å². The zero-order chi connectivity index (χ0) is 18.0. The molecular weight excluding hydrogens is 392 g/mol. The molecule has 130 valence electrons. The molecule has 0 atom stereocenters. The van der Waals surface area contributed by atoms with Crippen LogP contribution in [0.5, 0.6) is 0 Å². The Bertz CT molecular complexity index is 913. The van der Waals surface area contributed by atoms with Crippen molar-refractivity contribution in [3.05, 3.63) is 35.3 Å². The van der Waals surface area contributed by atoms with Crippen molar-refractivity contribution in [2.75, 3.05) is 5.73 Å². The molecule has 2 aromatic heterocycles. The van der Waals surface area contributed by atoms with E-state index in [1.807, 2.05) is 43.9 Å². The summed E-state index contributed by atoms with van der Waals surface area (Å²) < 4.78 is 7.27. The highest BCUT2D eigenvalue weighted by molar-refractivity contribution is 8.16. The second-order valence-corrected chi connectivity index (χ2v) is 13.6. The Kier molecular flexibility index (Phi) is 5.23. The minimum Gasteiger partial charge on any atom is -0.455 e. The third-order valence-electron chi connectivity index (χ3n) is 2.82. The minimum absolute atomic E-state index is 0.166. The normalized spacial score (nSPS) is 12.5. The Balaban J connectivity index is 1.88. The maximum Gasteiger partial charge on any atom is 0.278 e. The summed E-state index contributed by atoms with van der Waals surface area (Å²) in [6.45, 7) is 5.98. The van der Waals surface area contributed by atoms with Gasteiger partial charge < -0.3 is 10.3 Å². The SMILES string of the molecule is C[Si](C)(C)O/N=C(\C(=O)Sc1nc2ccccc2s1)c1csc(N)n1. The van der Waals surface area contributed by atoms with Crippen molar-refractivity contribution >= 4 is 68.9 Å². The number of nitrogens with two attached hydrogens (primary N) is 1. The molecule has 0 saturated carbocycles. The highest BCUT2D eigenvalue weighted by Gasteiger charge is 2.23. The Morgan fingerprint density at radius 2 is 2.04 bits per heavy atom. The van der Waals surface area contributed by atoms with Gasteiger partial charge in [-0.2, -0.15) is 0 Å². The van der Waals surface area contributed by atoms with Crippen molar-refractivity contribution in [1.82, 2.24) is 9.97 Å². The van der Waals surface area contributed by atoms with Crippen LogP contribution in [0.1, 0.15) is 5.69 Å². The largest absolute Gasteiger partial charge is 0.455 e. The number of oxime groups is 1. The summed E-state index contributed by atoms with van der Waals surface area (Å²) in [5, 5.41) is 5.93. The minimum atomic E-state index is -1.93. The molecule has 2 N–H and O–H groups in total. The van der Waals surface area contributed by atoms with Crippen LogP contribution in [0.25, 0.3) is 10.2 Å². The average molecular weight is 409 g/mol. The maximum absolute atomic E-state index is 12.8. The molecule has 0 aliphatic rings. The van der Waals surface area contributed by atoms with E-state index in [9.17, 15) is 4.79 Å². The van der Waals surface area contributed by atoms with Crippen LogP contribution < -0.4 is 5.73 Å². The van der Waals surface area contributed by atoms with E-state index in [1.165, 1.54) is 22.7 Å². The number of rotatable bonds is 5. The highest BCUT2D eigenvalue weighted by Crippen LogP contribution is 2.31. The molecule has 0 saturated heterocycles. The topological polar surface area (TPSA) is 90.5 Å². The first-order chi connectivity index (χ1) is 11.8. The van der Waals surface area contributed by atoms with Gasteiger partial charge in [-0.3, -0.25) is 4.79 Å². The Hall–Kier alpha value is -1.75. The quantitative estimate of drug-likeness (QED) is 0.294. The van der Waals surface area contributed by atoms with Crippen LogP contribution in [0.15, 0.2) is 39.1 Å². The summed E-state index contributed by atoms with van der Waals surface area (Å²) in [6.07, 6.45) is 0. The first-order valence-corrected chi connectivity index (χ1v) is 13.3. The number of nitrogen functional groups attached to an aromatic ring is 1. The van der Waals surface area contributed by atoms with Crippen LogP contribution in [0.2, 0.25) is 19.6 Å². The molecule has 2 heterocycles. The summed E-state index contributed by atoms with van der Waals surface area (Å²) in [7, 11) is -1.93. The van der Waals surface area contributed by atoms with E-state index in [0.29, 0.717) is 15.2 Å². The van der Waals surface area contributed by atoms with Crippen molar-refractivity contribution in [2.45, 2.75) is 24.0 Å². The third-order valence-corrected chi connectivity index (χ3v) is 6.11. The molecule has 0 fully saturated rings. The number of thiazole rings is 2. The zero-order valence-electron chi connectivity index (χ0n) is 13.8. The molecule has 10 heteroatoms. The van der Waals surface area contributed by atoms with Gasteiger partial charge in [0.1, 0.15) is 5.69 Å². The average Bonchev–Trinajstić information content (AvgIpc) is 3.12. The van der Waals surface area contributed by atoms with Crippen LogP contribution in [0.3, 0.4) is 0 Å². The van der Waals surface area contributed by atoms with Crippen LogP contribution in [0.4, 0.5) is 5.13 Å². The number of fused-ring (bicyclic) bond motifs is 1. The molecule has 0 spiro atoms. The molecule has 3 rings (SSSR count). The lowest BCUT2D eigenvalue weighted by Gasteiger charge is -2.13. The van der Waals surface area contributed by atoms with Crippen LogP contribution >= 0.6 is 34.4 Å². The van der Waals surface area contributed by atoms with Gasteiger partial charge in [-0.05, 0) is 43.5 Å². The second kappa shape index (κ2) is 7.24. The molecule has 0 radical (unpaired) electrons. The lowest BCUT2D eigenvalue weighted by Crippen LogP contribution is -2.24. The predicted molar refractivity (Wildman–Crippen MR) is 108 cm³/mol. The molecule has 0 amide bonds. The van der Waals surface area contributed by atoms with Crippen molar-refractivity contribution in [3.63, 3.8) is 0 Å². The number of anilines is 1. The fourth-order valence-electron chi connectivity index (χ4n) is 1.79. The van der Waals surface area contributed by atoms with Crippen molar-refractivity contribution in [3.8, 4) is 0 Å². The Morgan fingerprint density at radius 3 is 2.68 bits per heavy atom. The number of hydrogen-bond donors (Lipinski definition) is 1. The van der Waals surface area contributed by atoms with Gasteiger partial charge in [-0.1, -0.05) is 17.3 Å². The first kappa shape index (κ1) is 18.1. The highest BCUT2D eigenvalue weighted by atomic mass is 32.2. The number of para-hydroxylation sites is 1. The van der Waals surface area contributed by atoms with Gasteiger partial charge in [-0.25, -0.2) is 9.97 Å². The summed E-state index contributed by atoms with van der Waals surface area (Å²) in [6, 6.07) is 7.77. The zero-order valence-corrected chi connectivity index (χ0v) is 17.3. The molecule has 0 bridgehead atoms. The third kappa shape index (κ3) is 4.66. The van der Waals surface area contributed by atoms with Crippen molar-refractivity contribution < 1.29 is 9.32 Å². The number of hydrogen-bond acceptors (Lipinski definition) is 9. The standard InChI is InChI=1S/C15H16N4O2S3Si/c1-25(2,3)21-19-12(10-8-22-14(16)17-10)13(20)24-15-18-9-6-4-5-7-11(9)23-15/h4-8H,1-3H3,(H2,16,17)/b19-12-. The van der Waals surface area contributed by atoms with Gasteiger partial charge >= 0.3 is 0 Å². The predicted octanol–water partition coefficient (Wildman–Crippen LogP) is 4.21. The van der Waals surface area contributed by atoms with Crippen LogP contribution in [0, 0.1) is 0 Å². The lowest BCUT2D eigenvalue weighted by atomic mass is 10.3. The molecular formula is C15H16N4O2S3Si. The van der Waals surface area contributed by atoms with Gasteiger partial charge in [0.25, 0.3) is 8.32 Å². The number of carbonyl (C=O) groups is 1. The molecule has 6 nitrogen and oxygen atoms in total. The van der Waals surface area contributed by atoms with Crippen LogP contribution in [-0.2, 0) is 9.32 Å². The Labute approximate surface area is 158 Å². The van der Waals surface area contributed by atoms with Gasteiger partial charge in [-0.15, -0.1) is 22.7 Å².